The van der Waals surface area contributed by atoms with E-state index in [9.17, 15) is 13.2 Å². The number of nitrogens with two attached hydrogens (primary N) is 1. The maximum absolute atomic E-state index is 12.2. The minimum Gasteiger partial charge on any atom is -0.349 e. The lowest BCUT2D eigenvalue weighted by Crippen LogP contribution is -2.31. The van der Waals surface area contributed by atoms with E-state index in [2.05, 4.69) is 4.98 Å². The molecular weight excluding hydrogens is 243 g/mol. The quantitative estimate of drug-likeness (QED) is 0.898. The van der Waals surface area contributed by atoms with Gasteiger partial charge in [0.1, 0.15) is 12.4 Å². The van der Waals surface area contributed by atoms with Gasteiger partial charge in [-0.3, -0.25) is 0 Å². The fraction of sp³-hybridized carbons (Fsp3) is 0.444. The lowest BCUT2D eigenvalue weighted by Gasteiger charge is -2.21. The van der Waals surface area contributed by atoms with Gasteiger partial charge in [-0.2, -0.15) is 13.2 Å². The minimum absolute atomic E-state index is 0.0851. The number of hydrogen-bond acceptors (Lipinski definition) is 3. The second-order valence-corrected chi connectivity index (χ2v) is 3.66. The molecule has 0 aliphatic carbocycles. The third-order valence-electron chi connectivity index (χ3n) is 1.95. The van der Waals surface area contributed by atoms with Gasteiger partial charge in [0, 0.05) is 19.8 Å². The Hall–Kier alpha value is -1.01. The summed E-state index contributed by atoms with van der Waals surface area (Å²) >= 11 is 5.88. The lowest BCUT2D eigenvalue weighted by molar-refractivity contribution is -0.119. The van der Waals surface area contributed by atoms with Crippen LogP contribution in [0.3, 0.4) is 0 Å². The number of halogens is 4. The van der Waals surface area contributed by atoms with Crippen molar-refractivity contribution in [2.45, 2.75) is 12.7 Å². The molecule has 1 heterocycles. The first-order valence-corrected chi connectivity index (χ1v) is 4.84. The second-order valence-electron chi connectivity index (χ2n) is 3.28. The number of rotatable bonds is 3. The molecule has 1 aromatic rings. The van der Waals surface area contributed by atoms with Crippen LogP contribution in [0.1, 0.15) is 5.56 Å². The van der Waals surface area contributed by atoms with E-state index in [0.717, 1.165) is 4.90 Å². The topological polar surface area (TPSA) is 42.2 Å². The van der Waals surface area contributed by atoms with Crippen LogP contribution in [0.25, 0.3) is 0 Å². The Balaban J connectivity index is 2.95. The van der Waals surface area contributed by atoms with Crippen molar-refractivity contribution in [2.24, 2.45) is 5.73 Å². The standard InChI is InChI=1S/C9H11ClF3N3/c1-16(5-9(11,12)13)8-7(10)6(4-14)2-3-15-8/h2-3H,4-5,14H2,1H3. The zero-order chi connectivity index (χ0) is 12.3. The van der Waals surface area contributed by atoms with E-state index in [1.165, 1.54) is 13.2 Å². The summed E-state index contributed by atoms with van der Waals surface area (Å²) in [7, 11) is 1.28. The second kappa shape index (κ2) is 4.88. The molecule has 0 atom stereocenters. The zero-order valence-electron chi connectivity index (χ0n) is 8.55. The SMILES string of the molecule is CN(CC(F)(F)F)c1nccc(CN)c1Cl. The number of aromatic nitrogens is 1. The highest BCUT2D eigenvalue weighted by Gasteiger charge is 2.30. The molecule has 0 spiro atoms. The van der Waals surface area contributed by atoms with E-state index in [1.54, 1.807) is 6.07 Å². The highest BCUT2D eigenvalue weighted by Crippen LogP contribution is 2.28. The average Bonchev–Trinajstić information content (AvgIpc) is 2.15. The van der Waals surface area contributed by atoms with E-state index in [0.29, 0.717) is 5.56 Å². The first-order chi connectivity index (χ1) is 7.35. The summed E-state index contributed by atoms with van der Waals surface area (Å²) < 4.78 is 36.5. The Kier molecular flexibility index (Phi) is 3.98. The third-order valence-corrected chi connectivity index (χ3v) is 2.36. The predicted molar refractivity (Wildman–Crippen MR) is 56.5 cm³/mol. The minimum atomic E-state index is -4.29. The first kappa shape index (κ1) is 13.1. The first-order valence-electron chi connectivity index (χ1n) is 4.46. The monoisotopic (exact) mass is 253 g/mol. The Morgan fingerprint density at radius 1 is 1.50 bits per heavy atom. The number of anilines is 1. The molecule has 0 bridgehead atoms. The zero-order valence-corrected chi connectivity index (χ0v) is 9.31. The molecule has 0 fully saturated rings. The van der Waals surface area contributed by atoms with E-state index < -0.39 is 12.7 Å². The van der Waals surface area contributed by atoms with Gasteiger partial charge in [-0.25, -0.2) is 4.98 Å². The molecule has 90 valence electrons. The maximum atomic E-state index is 12.2. The van der Waals surface area contributed by atoms with E-state index in [1.807, 2.05) is 0 Å². The van der Waals surface area contributed by atoms with Gasteiger partial charge in [-0.05, 0) is 11.6 Å². The average molecular weight is 254 g/mol. The van der Waals surface area contributed by atoms with Gasteiger partial charge in [0.05, 0.1) is 5.02 Å². The van der Waals surface area contributed by atoms with E-state index in [4.69, 9.17) is 17.3 Å². The third kappa shape index (κ3) is 3.24. The highest BCUT2D eigenvalue weighted by atomic mass is 35.5. The largest absolute Gasteiger partial charge is 0.405 e. The van der Waals surface area contributed by atoms with Gasteiger partial charge in [-0.1, -0.05) is 11.6 Å². The van der Waals surface area contributed by atoms with Gasteiger partial charge in [0.2, 0.25) is 0 Å². The molecular formula is C9H11ClF3N3. The van der Waals surface area contributed by atoms with Crippen LogP contribution < -0.4 is 10.6 Å². The molecule has 0 amide bonds. The molecule has 16 heavy (non-hydrogen) atoms. The molecule has 0 aliphatic rings. The summed E-state index contributed by atoms with van der Waals surface area (Å²) in [4.78, 5) is 4.76. The number of alkyl halides is 3. The van der Waals surface area contributed by atoms with Gasteiger partial charge in [0.25, 0.3) is 0 Å². The molecule has 1 aromatic heterocycles. The van der Waals surface area contributed by atoms with Crippen LogP contribution in [0, 0.1) is 0 Å². The summed E-state index contributed by atoms with van der Waals surface area (Å²) in [6, 6.07) is 1.58. The van der Waals surface area contributed by atoms with Crippen LogP contribution in [0.5, 0.6) is 0 Å². The molecule has 0 saturated heterocycles. The Morgan fingerprint density at radius 3 is 2.62 bits per heavy atom. The normalized spacial score (nSPS) is 11.6. The van der Waals surface area contributed by atoms with Crippen molar-refractivity contribution in [3.8, 4) is 0 Å². The summed E-state index contributed by atoms with van der Waals surface area (Å²) in [6.45, 7) is -0.943. The van der Waals surface area contributed by atoms with Crippen molar-refractivity contribution in [3.63, 3.8) is 0 Å². The van der Waals surface area contributed by atoms with Crippen molar-refractivity contribution in [1.82, 2.24) is 4.98 Å². The number of pyridine rings is 1. The molecule has 1 rings (SSSR count). The molecule has 7 heteroatoms. The smallest absolute Gasteiger partial charge is 0.349 e. The van der Waals surface area contributed by atoms with Crippen LogP contribution in [0.15, 0.2) is 12.3 Å². The number of nitrogens with zero attached hydrogens (tertiary/aromatic N) is 2. The summed E-state index contributed by atoms with van der Waals surface area (Å²) in [5, 5.41) is 0.164. The molecule has 0 radical (unpaired) electrons. The number of hydrogen-bond donors (Lipinski definition) is 1. The molecule has 0 saturated carbocycles. The molecule has 3 nitrogen and oxygen atoms in total. The van der Waals surface area contributed by atoms with Crippen LogP contribution in [-0.4, -0.2) is 24.8 Å². The maximum Gasteiger partial charge on any atom is 0.405 e. The molecule has 0 aromatic carbocycles. The fourth-order valence-electron chi connectivity index (χ4n) is 1.24. The summed E-state index contributed by atoms with van der Waals surface area (Å²) in [5.74, 6) is 0.0851. The fourth-order valence-corrected chi connectivity index (χ4v) is 1.57. The van der Waals surface area contributed by atoms with Crippen LogP contribution >= 0.6 is 11.6 Å². The summed E-state index contributed by atoms with van der Waals surface area (Å²) in [5.41, 5.74) is 5.96. The lowest BCUT2D eigenvalue weighted by atomic mass is 10.2. The Morgan fingerprint density at radius 2 is 2.12 bits per heavy atom. The van der Waals surface area contributed by atoms with E-state index in [-0.39, 0.29) is 17.4 Å². The van der Waals surface area contributed by atoms with Crippen molar-refractivity contribution >= 4 is 17.4 Å². The van der Waals surface area contributed by atoms with Gasteiger partial charge in [-0.15, -0.1) is 0 Å². The van der Waals surface area contributed by atoms with Crippen LogP contribution in [-0.2, 0) is 6.54 Å². The Labute approximate surface area is 96.0 Å². The van der Waals surface area contributed by atoms with Crippen molar-refractivity contribution in [1.29, 1.82) is 0 Å². The van der Waals surface area contributed by atoms with Crippen LogP contribution in [0.2, 0.25) is 5.02 Å². The predicted octanol–water partition coefficient (Wildman–Crippen LogP) is 2.19. The summed E-state index contributed by atoms with van der Waals surface area (Å²) in [6.07, 6.45) is -2.91. The van der Waals surface area contributed by atoms with Crippen molar-refractivity contribution in [2.75, 3.05) is 18.5 Å². The molecule has 0 unspecified atom stereocenters. The van der Waals surface area contributed by atoms with Crippen molar-refractivity contribution < 1.29 is 13.2 Å². The van der Waals surface area contributed by atoms with Crippen LogP contribution in [0.4, 0.5) is 19.0 Å². The van der Waals surface area contributed by atoms with Crippen molar-refractivity contribution in [3.05, 3.63) is 22.8 Å². The van der Waals surface area contributed by atoms with E-state index >= 15 is 0 Å². The Bertz CT molecular complexity index is 368. The molecule has 2 N–H and O–H groups in total. The highest BCUT2D eigenvalue weighted by molar-refractivity contribution is 6.33. The molecule has 0 aliphatic heterocycles. The van der Waals surface area contributed by atoms with Gasteiger partial charge >= 0.3 is 6.18 Å². The van der Waals surface area contributed by atoms with Gasteiger partial charge < -0.3 is 10.6 Å². The van der Waals surface area contributed by atoms with Gasteiger partial charge in [0.15, 0.2) is 0 Å².